The molecule has 0 spiro atoms. The van der Waals surface area contributed by atoms with E-state index in [2.05, 4.69) is 54.0 Å². The Morgan fingerprint density at radius 2 is 1.86 bits per heavy atom. The number of nitrogens with one attached hydrogen (secondary N) is 1. The number of carbonyl (C=O) groups is 1. The summed E-state index contributed by atoms with van der Waals surface area (Å²) >= 11 is 5.83. The molecular weight excluding hydrogens is 637 g/mol. The van der Waals surface area contributed by atoms with Gasteiger partial charge in [0.25, 0.3) is 5.91 Å². The zero-order chi connectivity index (χ0) is 25.3. The minimum atomic E-state index is -0.388. The van der Waals surface area contributed by atoms with Crippen LogP contribution in [0.25, 0.3) is 10.9 Å². The van der Waals surface area contributed by atoms with E-state index in [0.717, 1.165) is 21.0 Å². The maximum absolute atomic E-state index is 12.2. The number of fused-ring (bicyclic) bond motifs is 1. The number of hydrazone groups is 1. The number of carbonyl (C=O) groups excluding carboxylic acids is 1. The monoisotopic (exact) mass is 659 g/mol. The van der Waals surface area contributed by atoms with E-state index in [0.29, 0.717) is 36.0 Å². The molecule has 4 rings (SSSR count). The van der Waals surface area contributed by atoms with E-state index < -0.39 is 0 Å². The van der Waals surface area contributed by atoms with E-state index in [1.54, 1.807) is 12.3 Å². The Bertz CT molecular complexity index is 1370. The molecule has 1 N–H and O–H groups in total. The third kappa shape index (κ3) is 6.94. The number of rotatable bonds is 10. The fourth-order valence-electron chi connectivity index (χ4n) is 3.35. The molecule has 0 aliphatic carbocycles. The molecule has 184 valence electrons. The van der Waals surface area contributed by atoms with Gasteiger partial charge in [0.05, 0.1) is 17.3 Å². The van der Waals surface area contributed by atoms with Gasteiger partial charge < -0.3 is 14.2 Å². The van der Waals surface area contributed by atoms with Crippen LogP contribution in [0, 0.1) is 3.57 Å². The van der Waals surface area contributed by atoms with Gasteiger partial charge in [-0.05, 0) is 93.0 Å². The Hall–Kier alpha value is -3.18. The number of benzene rings is 3. The summed E-state index contributed by atoms with van der Waals surface area (Å²) in [6.07, 6.45) is 3.22. The minimum absolute atomic E-state index is 0.188. The highest BCUT2D eigenvalue weighted by Gasteiger charge is 2.13. The maximum Gasteiger partial charge on any atom is 0.277 e. The van der Waals surface area contributed by atoms with Crippen molar-refractivity contribution in [1.82, 2.24) is 10.4 Å². The Morgan fingerprint density at radius 3 is 2.67 bits per heavy atom. The highest BCUT2D eigenvalue weighted by molar-refractivity contribution is 14.1. The second-order valence-electron chi connectivity index (χ2n) is 7.59. The number of ether oxygens (including phenoxy) is 3. The number of aromatic nitrogens is 1. The van der Waals surface area contributed by atoms with E-state index in [1.165, 1.54) is 9.78 Å². The molecule has 9 heteroatoms. The summed E-state index contributed by atoms with van der Waals surface area (Å²) in [6.45, 7) is 2.60. The number of hydrogen-bond donors (Lipinski definition) is 1. The molecule has 1 amide bonds. The van der Waals surface area contributed by atoms with Crippen LogP contribution in [-0.2, 0) is 11.4 Å². The van der Waals surface area contributed by atoms with Crippen molar-refractivity contribution in [2.24, 2.45) is 5.10 Å². The fourth-order valence-corrected chi connectivity index (χ4v) is 4.28. The summed E-state index contributed by atoms with van der Waals surface area (Å²) in [5.74, 6) is 1.34. The Morgan fingerprint density at radius 1 is 1.06 bits per heavy atom. The normalized spacial score (nSPS) is 11.0. The van der Waals surface area contributed by atoms with Gasteiger partial charge >= 0.3 is 0 Å². The van der Waals surface area contributed by atoms with E-state index in [-0.39, 0.29) is 12.5 Å². The molecule has 4 aromatic rings. The van der Waals surface area contributed by atoms with Crippen molar-refractivity contribution in [2.75, 3.05) is 13.2 Å². The molecule has 0 unspecified atom stereocenters. The lowest BCUT2D eigenvalue weighted by atomic mass is 10.2. The Kier molecular flexibility index (Phi) is 9.12. The third-order valence-corrected chi connectivity index (χ3v) is 6.29. The van der Waals surface area contributed by atoms with Gasteiger partial charge in [-0.3, -0.25) is 9.78 Å². The molecule has 0 radical (unpaired) electrons. The lowest BCUT2D eigenvalue weighted by Gasteiger charge is -2.14. The SMILES string of the molecule is CCOc1cc(/C=N/NC(=O)COc2cccc3cccnc23)cc(Br)c1OCc1ccc(I)cc1. The van der Waals surface area contributed by atoms with Gasteiger partial charge in [-0.2, -0.15) is 5.10 Å². The summed E-state index contributed by atoms with van der Waals surface area (Å²) in [6, 6.07) is 21.2. The first kappa shape index (κ1) is 25.9. The van der Waals surface area contributed by atoms with Gasteiger partial charge in [-0.25, -0.2) is 5.43 Å². The lowest BCUT2D eigenvalue weighted by Crippen LogP contribution is -2.24. The van der Waals surface area contributed by atoms with Crippen molar-refractivity contribution in [3.63, 3.8) is 0 Å². The van der Waals surface area contributed by atoms with Gasteiger partial charge in [-0.15, -0.1) is 0 Å². The zero-order valence-corrected chi connectivity index (χ0v) is 23.2. The van der Waals surface area contributed by atoms with Crippen LogP contribution < -0.4 is 19.6 Å². The first-order valence-corrected chi connectivity index (χ1v) is 13.0. The number of nitrogens with zero attached hydrogens (tertiary/aromatic N) is 2. The molecule has 7 nitrogen and oxygen atoms in total. The van der Waals surface area contributed by atoms with Gasteiger partial charge in [0.15, 0.2) is 18.1 Å². The number of hydrogen-bond acceptors (Lipinski definition) is 6. The average molecular weight is 660 g/mol. The predicted octanol–water partition coefficient (Wildman–Crippen LogP) is 6.11. The van der Waals surface area contributed by atoms with Crippen molar-refractivity contribution < 1.29 is 19.0 Å². The number of halogens is 2. The summed E-state index contributed by atoms with van der Waals surface area (Å²) in [7, 11) is 0. The van der Waals surface area contributed by atoms with Gasteiger partial charge in [0.1, 0.15) is 17.9 Å². The van der Waals surface area contributed by atoms with Crippen LogP contribution in [0.15, 0.2) is 82.5 Å². The minimum Gasteiger partial charge on any atom is -0.490 e. The van der Waals surface area contributed by atoms with Crippen molar-refractivity contribution in [3.05, 3.63) is 92.1 Å². The Balaban J connectivity index is 1.37. The largest absolute Gasteiger partial charge is 0.490 e. The molecule has 0 aliphatic heterocycles. The topological polar surface area (TPSA) is 82.0 Å². The highest BCUT2D eigenvalue weighted by Crippen LogP contribution is 2.37. The van der Waals surface area contributed by atoms with E-state index in [4.69, 9.17) is 14.2 Å². The van der Waals surface area contributed by atoms with Crippen LogP contribution in [-0.4, -0.2) is 30.3 Å². The second-order valence-corrected chi connectivity index (χ2v) is 9.69. The summed E-state index contributed by atoms with van der Waals surface area (Å²) in [5.41, 5.74) is 4.97. The molecule has 1 aromatic heterocycles. The summed E-state index contributed by atoms with van der Waals surface area (Å²) in [4.78, 5) is 16.6. The van der Waals surface area contributed by atoms with E-state index in [9.17, 15) is 4.79 Å². The first-order chi connectivity index (χ1) is 17.5. The standard InChI is InChI=1S/C27H23BrIN3O4/c1-2-34-24-14-19(13-22(28)27(24)36-16-18-8-10-21(29)11-9-18)15-31-32-25(33)17-35-23-7-3-5-20-6-4-12-30-26(20)23/h3-15H,2,16-17H2,1H3,(H,32,33)/b31-15+. The average Bonchev–Trinajstić information content (AvgIpc) is 2.88. The van der Waals surface area contributed by atoms with Crippen molar-refractivity contribution in [2.45, 2.75) is 13.5 Å². The quantitative estimate of drug-likeness (QED) is 0.126. The van der Waals surface area contributed by atoms with Gasteiger partial charge in [0, 0.05) is 15.2 Å². The highest BCUT2D eigenvalue weighted by atomic mass is 127. The van der Waals surface area contributed by atoms with Crippen LogP contribution in [0.4, 0.5) is 0 Å². The Labute approximate surface area is 231 Å². The molecule has 36 heavy (non-hydrogen) atoms. The number of para-hydroxylation sites is 1. The molecule has 3 aromatic carbocycles. The summed E-state index contributed by atoms with van der Waals surface area (Å²) in [5, 5.41) is 4.99. The molecule has 0 saturated heterocycles. The van der Waals surface area contributed by atoms with Crippen LogP contribution in [0.5, 0.6) is 17.2 Å². The van der Waals surface area contributed by atoms with Crippen molar-refractivity contribution in [1.29, 1.82) is 0 Å². The van der Waals surface area contributed by atoms with Gasteiger partial charge in [0.2, 0.25) is 0 Å². The van der Waals surface area contributed by atoms with E-state index >= 15 is 0 Å². The molecule has 0 atom stereocenters. The number of amides is 1. The van der Waals surface area contributed by atoms with Crippen LogP contribution in [0.3, 0.4) is 0 Å². The molecule has 0 bridgehead atoms. The molecular formula is C27H23BrIN3O4. The molecule has 0 saturated carbocycles. The van der Waals surface area contributed by atoms with Crippen molar-refractivity contribution in [3.8, 4) is 17.2 Å². The third-order valence-electron chi connectivity index (χ3n) is 4.99. The van der Waals surface area contributed by atoms with Crippen LogP contribution in [0.2, 0.25) is 0 Å². The smallest absolute Gasteiger partial charge is 0.277 e. The first-order valence-electron chi connectivity index (χ1n) is 11.2. The predicted molar refractivity (Wildman–Crippen MR) is 152 cm³/mol. The van der Waals surface area contributed by atoms with Crippen LogP contribution in [0.1, 0.15) is 18.1 Å². The maximum atomic E-state index is 12.2. The van der Waals surface area contributed by atoms with E-state index in [1.807, 2.05) is 67.6 Å². The van der Waals surface area contributed by atoms with Gasteiger partial charge in [-0.1, -0.05) is 30.3 Å². The van der Waals surface area contributed by atoms with Crippen LogP contribution >= 0.6 is 38.5 Å². The molecule has 1 heterocycles. The summed E-state index contributed by atoms with van der Waals surface area (Å²) < 4.78 is 19.4. The lowest BCUT2D eigenvalue weighted by molar-refractivity contribution is -0.123. The zero-order valence-electron chi connectivity index (χ0n) is 19.4. The molecule has 0 aliphatic rings. The second kappa shape index (κ2) is 12.7. The molecule has 0 fully saturated rings. The van der Waals surface area contributed by atoms with Crippen molar-refractivity contribution >= 4 is 61.5 Å². The fraction of sp³-hybridized carbons (Fsp3) is 0.148. The number of pyridine rings is 1.